The highest BCUT2D eigenvalue weighted by molar-refractivity contribution is 9.10. The van der Waals surface area contributed by atoms with Crippen molar-refractivity contribution in [1.82, 2.24) is 4.98 Å². The molecule has 1 atom stereocenters. The molecule has 0 amide bonds. The zero-order valence-corrected chi connectivity index (χ0v) is 8.64. The van der Waals surface area contributed by atoms with Crippen LogP contribution in [-0.4, -0.2) is 11.5 Å². The standard InChI is InChI=1S/C7H9BrClN3/c8-7-5(6(11)2-10)1-4(9)3-12-7/h1,3,6H,2,10-11H2/t6-/m1/s1. The highest BCUT2D eigenvalue weighted by Crippen LogP contribution is 2.22. The fraction of sp³-hybridized carbons (Fsp3) is 0.286. The third-order valence-corrected chi connectivity index (χ3v) is 2.36. The Hall–Kier alpha value is -0.160. The Bertz CT molecular complexity index is 279. The lowest BCUT2D eigenvalue weighted by molar-refractivity contribution is 0.728. The summed E-state index contributed by atoms with van der Waals surface area (Å²) in [6.07, 6.45) is 1.55. The monoisotopic (exact) mass is 249 g/mol. The molecule has 1 rings (SSSR count). The van der Waals surface area contributed by atoms with Crippen molar-refractivity contribution < 1.29 is 0 Å². The Labute approximate surface area is 84.2 Å². The van der Waals surface area contributed by atoms with Gasteiger partial charge < -0.3 is 11.5 Å². The van der Waals surface area contributed by atoms with E-state index in [1.54, 1.807) is 12.3 Å². The van der Waals surface area contributed by atoms with E-state index in [0.29, 0.717) is 16.2 Å². The Morgan fingerprint density at radius 1 is 1.67 bits per heavy atom. The van der Waals surface area contributed by atoms with Gasteiger partial charge in [-0.25, -0.2) is 4.98 Å². The Morgan fingerprint density at radius 3 is 2.92 bits per heavy atom. The van der Waals surface area contributed by atoms with Crippen LogP contribution in [0.4, 0.5) is 0 Å². The van der Waals surface area contributed by atoms with Gasteiger partial charge in [0.1, 0.15) is 4.60 Å². The normalized spacial score (nSPS) is 13.0. The Morgan fingerprint density at radius 2 is 2.33 bits per heavy atom. The van der Waals surface area contributed by atoms with E-state index in [2.05, 4.69) is 20.9 Å². The number of rotatable bonds is 2. The van der Waals surface area contributed by atoms with Crippen LogP contribution in [-0.2, 0) is 0 Å². The zero-order valence-electron chi connectivity index (χ0n) is 6.30. The first-order valence-electron chi connectivity index (χ1n) is 3.41. The minimum Gasteiger partial charge on any atom is -0.329 e. The fourth-order valence-corrected chi connectivity index (χ4v) is 1.50. The van der Waals surface area contributed by atoms with Gasteiger partial charge in [0.15, 0.2) is 0 Å². The molecule has 0 bridgehead atoms. The lowest BCUT2D eigenvalue weighted by atomic mass is 10.1. The van der Waals surface area contributed by atoms with Crippen LogP contribution in [0.5, 0.6) is 0 Å². The van der Waals surface area contributed by atoms with Crippen molar-refractivity contribution in [3.8, 4) is 0 Å². The summed E-state index contributed by atoms with van der Waals surface area (Å²) in [4.78, 5) is 4.00. The molecule has 0 aliphatic heterocycles. The van der Waals surface area contributed by atoms with E-state index in [0.717, 1.165) is 5.56 Å². The first-order chi connectivity index (χ1) is 5.65. The van der Waals surface area contributed by atoms with E-state index in [1.807, 2.05) is 0 Å². The van der Waals surface area contributed by atoms with Crippen molar-refractivity contribution in [3.05, 3.63) is 27.5 Å². The molecule has 12 heavy (non-hydrogen) atoms. The molecule has 0 aliphatic carbocycles. The highest BCUT2D eigenvalue weighted by Gasteiger charge is 2.09. The van der Waals surface area contributed by atoms with E-state index in [4.69, 9.17) is 23.1 Å². The number of hydrogen-bond donors (Lipinski definition) is 2. The van der Waals surface area contributed by atoms with Crippen molar-refractivity contribution in [2.24, 2.45) is 11.5 Å². The van der Waals surface area contributed by atoms with Crippen molar-refractivity contribution in [3.63, 3.8) is 0 Å². The second-order valence-electron chi connectivity index (χ2n) is 2.38. The predicted octanol–water partition coefficient (Wildman–Crippen LogP) is 1.46. The van der Waals surface area contributed by atoms with Gasteiger partial charge in [0.05, 0.1) is 5.02 Å². The summed E-state index contributed by atoms with van der Waals surface area (Å²) in [6.45, 7) is 0.376. The van der Waals surface area contributed by atoms with Gasteiger partial charge in [-0.3, -0.25) is 0 Å². The molecule has 0 fully saturated rings. The van der Waals surface area contributed by atoms with Crippen LogP contribution in [0, 0.1) is 0 Å². The highest BCUT2D eigenvalue weighted by atomic mass is 79.9. The van der Waals surface area contributed by atoms with Crippen molar-refractivity contribution in [2.45, 2.75) is 6.04 Å². The van der Waals surface area contributed by atoms with Crippen molar-refractivity contribution >= 4 is 27.5 Å². The molecule has 0 spiro atoms. The van der Waals surface area contributed by atoms with Crippen LogP contribution in [0.25, 0.3) is 0 Å². The number of nitrogens with two attached hydrogens (primary N) is 2. The van der Waals surface area contributed by atoms with Crippen LogP contribution in [0.3, 0.4) is 0 Å². The zero-order chi connectivity index (χ0) is 9.14. The predicted molar refractivity (Wildman–Crippen MR) is 52.9 cm³/mol. The second-order valence-corrected chi connectivity index (χ2v) is 3.56. The minimum absolute atomic E-state index is 0.217. The van der Waals surface area contributed by atoms with Gasteiger partial charge >= 0.3 is 0 Å². The van der Waals surface area contributed by atoms with E-state index in [-0.39, 0.29) is 6.04 Å². The molecular formula is C7H9BrClN3. The largest absolute Gasteiger partial charge is 0.329 e. The maximum absolute atomic E-state index is 5.74. The van der Waals surface area contributed by atoms with Gasteiger partial charge in [0.2, 0.25) is 0 Å². The average molecular weight is 251 g/mol. The second kappa shape index (κ2) is 4.18. The molecule has 1 aromatic heterocycles. The third-order valence-electron chi connectivity index (χ3n) is 1.49. The van der Waals surface area contributed by atoms with Crippen LogP contribution in [0.1, 0.15) is 11.6 Å². The van der Waals surface area contributed by atoms with E-state index in [1.165, 1.54) is 0 Å². The van der Waals surface area contributed by atoms with E-state index < -0.39 is 0 Å². The first-order valence-corrected chi connectivity index (χ1v) is 4.59. The lowest BCUT2D eigenvalue weighted by Gasteiger charge is -2.10. The number of aromatic nitrogens is 1. The average Bonchev–Trinajstić information content (AvgIpc) is 2.08. The summed E-state index contributed by atoms with van der Waals surface area (Å²) in [5, 5.41) is 0.567. The maximum Gasteiger partial charge on any atom is 0.110 e. The summed E-state index contributed by atoms with van der Waals surface area (Å²) in [5.74, 6) is 0. The number of nitrogens with zero attached hydrogens (tertiary/aromatic N) is 1. The fourth-order valence-electron chi connectivity index (χ4n) is 0.825. The lowest BCUT2D eigenvalue weighted by Crippen LogP contribution is -2.21. The third kappa shape index (κ3) is 2.17. The molecule has 0 radical (unpaired) electrons. The minimum atomic E-state index is -0.217. The van der Waals surface area contributed by atoms with Crippen LogP contribution in [0.2, 0.25) is 5.02 Å². The van der Waals surface area contributed by atoms with E-state index >= 15 is 0 Å². The van der Waals surface area contributed by atoms with Crippen molar-refractivity contribution in [2.75, 3.05) is 6.54 Å². The van der Waals surface area contributed by atoms with E-state index in [9.17, 15) is 0 Å². The molecule has 4 N–H and O–H groups in total. The van der Waals surface area contributed by atoms with Crippen LogP contribution in [0.15, 0.2) is 16.9 Å². The molecule has 5 heteroatoms. The number of pyridine rings is 1. The van der Waals surface area contributed by atoms with Crippen molar-refractivity contribution in [1.29, 1.82) is 0 Å². The smallest absolute Gasteiger partial charge is 0.110 e. The molecule has 0 aliphatic rings. The summed E-state index contributed by atoms with van der Waals surface area (Å²) in [5.41, 5.74) is 12.0. The molecule has 3 nitrogen and oxygen atoms in total. The number of halogens is 2. The van der Waals surface area contributed by atoms with Crippen LogP contribution >= 0.6 is 27.5 Å². The molecule has 66 valence electrons. The topological polar surface area (TPSA) is 64.9 Å². The molecular weight excluding hydrogens is 241 g/mol. The first kappa shape index (κ1) is 9.92. The van der Waals surface area contributed by atoms with Gasteiger partial charge in [-0.1, -0.05) is 11.6 Å². The maximum atomic E-state index is 5.74. The van der Waals surface area contributed by atoms with Gasteiger partial charge in [0.25, 0.3) is 0 Å². The number of hydrogen-bond acceptors (Lipinski definition) is 3. The Balaban J connectivity index is 3.04. The molecule has 0 unspecified atom stereocenters. The summed E-state index contributed by atoms with van der Waals surface area (Å²) >= 11 is 9.00. The van der Waals surface area contributed by atoms with Gasteiger partial charge in [-0.05, 0) is 22.0 Å². The molecule has 1 heterocycles. The summed E-state index contributed by atoms with van der Waals surface area (Å²) in [7, 11) is 0. The Kier molecular flexibility index (Phi) is 3.46. The molecule has 0 aromatic carbocycles. The quantitative estimate of drug-likeness (QED) is 0.781. The summed E-state index contributed by atoms with van der Waals surface area (Å²) in [6, 6.07) is 1.54. The van der Waals surface area contributed by atoms with Gasteiger partial charge in [-0.2, -0.15) is 0 Å². The molecule has 0 saturated heterocycles. The van der Waals surface area contributed by atoms with Crippen LogP contribution < -0.4 is 11.5 Å². The summed E-state index contributed by atoms with van der Waals surface area (Å²) < 4.78 is 0.699. The molecule has 0 saturated carbocycles. The van der Waals surface area contributed by atoms with Gasteiger partial charge in [0, 0.05) is 24.3 Å². The van der Waals surface area contributed by atoms with Gasteiger partial charge in [-0.15, -0.1) is 0 Å². The molecule has 1 aromatic rings. The SMILES string of the molecule is NC[C@@H](N)c1cc(Cl)cnc1Br.